The second-order valence-corrected chi connectivity index (χ2v) is 4.34. The predicted octanol–water partition coefficient (Wildman–Crippen LogP) is 3.08. The van der Waals surface area contributed by atoms with Crippen molar-refractivity contribution in [2.75, 3.05) is 7.11 Å². The molecule has 0 aliphatic carbocycles. The molecule has 0 aromatic heterocycles. The van der Waals surface area contributed by atoms with Gasteiger partial charge in [0, 0.05) is 13.5 Å². The minimum Gasteiger partial charge on any atom is -0.490 e. The number of benzene rings is 1. The second kappa shape index (κ2) is 6.40. The summed E-state index contributed by atoms with van der Waals surface area (Å²) in [6, 6.07) is 7.33. The quantitative estimate of drug-likeness (QED) is 0.712. The van der Waals surface area contributed by atoms with Crippen LogP contribution in [0.15, 0.2) is 24.3 Å². The van der Waals surface area contributed by atoms with Gasteiger partial charge < -0.3 is 9.47 Å². The van der Waals surface area contributed by atoms with Gasteiger partial charge in [-0.1, -0.05) is 12.1 Å². The lowest BCUT2D eigenvalue weighted by Crippen LogP contribution is -2.15. The highest BCUT2D eigenvalue weighted by molar-refractivity contribution is 5.98. The molecule has 0 N–H and O–H groups in total. The Hall–Kier alpha value is -1.35. The molecule has 3 heteroatoms. The van der Waals surface area contributed by atoms with E-state index < -0.39 is 0 Å². The Morgan fingerprint density at radius 2 is 1.88 bits per heavy atom. The summed E-state index contributed by atoms with van der Waals surface area (Å²) in [6.45, 7) is 5.77. The van der Waals surface area contributed by atoms with E-state index in [0.717, 1.165) is 0 Å². The third-order valence-corrected chi connectivity index (χ3v) is 2.43. The lowest BCUT2D eigenvalue weighted by atomic mass is 10.0. The van der Waals surface area contributed by atoms with Gasteiger partial charge in [-0.3, -0.25) is 4.79 Å². The van der Waals surface area contributed by atoms with Crippen LogP contribution < -0.4 is 4.74 Å². The van der Waals surface area contributed by atoms with Crippen molar-refractivity contribution in [3.63, 3.8) is 0 Å². The monoisotopic (exact) mass is 236 g/mol. The molecule has 0 amide bonds. The molecule has 0 saturated carbocycles. The Bertz CT molecular complexity index is 371. The highest BCUT2D eigenvalue weighted by Gasteiger charge is 2.15. The van der Waals surface area contributed by atoms with Crippen LogP contribution in [0.3, 0.4) is 0 Å². The van der Waals surface area contributed by atoms with Crippen LogP contribution in [0.4, 0.5) is 0 Å². The van der Waals surface area contributed by atoms with Crippen LogP contribution in [0.5, 0.6) is 5.75 Å². The summed E-state index contributed by atoms with van der Waals surface area (Å²) in [6.07, 6.45) is 0.355. The van der Waals surface area contributed by atoms with Crippen molar-refractivity contribution in [2.45, 2.75) is 39.4 Å². The van der Waals surface area contributed by atoms with Gasteiger partial charge in [-0.25, -0.2) is 0 Å². The largest absolute Gasteiger partial charge is 0.490 e. The second-order valence-electron chi connectivity index (χ2n) is 4.34. The summed E-state index contributed by atoms with van der Waals surface area (Å²) in [5, 5.41) is 0. The van der Waals surface area contributed by atoms with Gasteiger partial charge in [-0.2, -0.15) is 0 Å². The molecule has 0 heterocycles. The Morgan fingerprint density at radius 3 is 2.47 bits per heavy atom. The average Bonchev–Trinajstić information content (AvgIpc) is 2.28. The highest BCUT2D eigenvalue weighted by Crippen LogP contribution is 2.21. The van der Waals surface area contributed by atoms with Gasteiger partial charge in [0.05, 0.1) is 17.8 Å². The minimum atomic E-state index is -0.0744. The lowest BCUT2D eigenvalue weighted by molar-refractivity contribution is 0.0787. The molecule has 1 unspecified atom stereocenters. The summed E-state index contributed by atoms with van der Waals surface area (Å²) < 4.78 is 10.7. The fraction of sp³-hybridized carbons (Fsp3) is 0.500. The summed E-state index contributed by atoms with van der Waals surface area (Å²) in [4.78, 5) is 12.1. The van der Waals surface area contributed by atoms with Crippen LogP contribution >= 0.6 is 0 Å². The van der Waals surface area contributed by atoms with Crippen LogP contribution in [-0.2, 0) is 4.74 Å². The van der Waals surface area contributed by atoms with Gasteiger partial charge in [0.1, 0.15) is 5.75 Å². The number of carbonyl (C=O) groups excluding carboxylic acids is 1. The molecule has 3 nitrogen and oxygen atoms in total. The smallest absolute Gasteiger partial charge is 0.169 e. The Balaban J connectivity index is 2.85. The molecule has 0 spiro atoms. The zero-order valence-electron chi connectivity index (χ0n) is 10.9. The molecule has 0 aliphatic heterocycles. The zero-order valence-corrected chi connectivity index (χ0v) is 10.9. The molecule has 94 valence electrons. The van der Waals surface area contributed by atoms with E-state index in [1.807, 2.05) is 39.0 Å². The summed E-state index contributed by atoms with van der Waals surface area (Å²) in [7, 11) is 1.61. The molecular weight excluding hydrogens is 216 g/mol. The maximum Gasteiger partial charge on any atom is 0.169 e. The summed E-state index contributed by atoms with van der Waals surface area (Å²) in [5.74, 6) is 0.700. The van der Waals surface area contributed by atoms with Crippen molar-refractivity contribution in [1.29, 1.82) is 0 Å². The van der Waals surface area contributed by atoms with Crippen molar-refractivity contribution < 1.29 is 14.3 Å². The van der Waals surface area contributed by atoms with Crippen LogP contribution in [0.1, 0.15) is 37.6 Å². The number of para-hydroxylation sites is 1. The number of ketones is 1. The number of hydrogen-bond acceptors (Lipinski definition) is 3. The van der Waals surface area contributed by atoms with E-state index in [1.54, 1.807) is 13.2 Å². The van der Waals surface area contributed by atoms with Gasteiger partial charge in [-0.15, -0.1) is 0 Å². The van der Waals surface area contributed by atoms with Gasteiger partial charge in [0.25, 0.3) is 0 Å². The zero-order chi connectivity index (χ0) is 12.8. The number of carbonyl (C=O) groups is 1. The van der Waals surface area contributed by atoms with E-state index in [-0.39, 0.29) is 18.0 Å². The topological polar surface area (TPSA) is 35.5 Å². The molecule has 0 fully saturated rings. The predicted molar refractivity (Wildman–Crippen MR) is 67.6 cm³/mol. The maximum absolute atomic E-state index is 12.1. The Labute approximate surface area is 103 Å². The first-order valence-corrected chi connectivity index (χ1v) is 5.86. The van der Waals surface area contributed by atoms with Crippen molar-refractivity contribution in [3.8, 4) is 5.75 Å². The van der Waals surface area contributed by atoms with Crippen LogP contribution in [0, 0.1) is 0 Å². The molecule has 1 aromatic carbocycles. The first-order chi connectivity index (χ1) is 8.04. The van der Waals surface area contributed by atoms with Crippen LogP contribution in [-0.4, -0.2) is 25.1 Å². The molecule has 0 radical (unpaired) electrons. The molecule has 17 heavy (non-hydrogen) atoms. The number of rotatable bonds is 6. The van der Waals surface area contributed by atoms with Crippen LogP contribution in [0.2, 0.25) is 0 Å². The first-order valence-electron chi connectivity index (χ1n) is 5.86. The minimum absolute atomic E-state index is 0.0515. The maximum atomic E-state index is 12.1. The molecule has 0 bridgehead atoms. The van der Waals surface area contributed by atoms with Crippen LogP contribution in [0.25, 0.3) is 0 Å². The van der Waals surface area contributed by atoms with Gasteiger partial charge >= 0.3 is 0 Å². The summed E-state index contributed by atoms with van der Waals surface area (Å²) in [5.41, 5.74) is 0.630. The van der Waals surface area contributed by atoms with E-state index in [0.29, 0.717) is 17.7 Å². The van der Waals surface area contributed by atoms with Crippen molar-refractivity contribution in [1.82, 2.24) is 0 Å². The molecule has 0 saturated heterocycles. The van der Waals surface area contributed by atoms with E-state index in [1.165, 1.54) is 0 Å². The van der Waals surface area contributed by atoms with Crippen molar-refractivity contribution in [3.05, 3.63) is 29.8 Å². The SMILES string of the molecule is COC(C)CC(=O)c1ccccc1OC(C)C. The number of ether oxygens (including phenoxy) is 2. The Kier molecular flexibility index (Phi) is 5.16. The van der Waals surface area contributed by atoms with Gasteiger partial charge in [0.2, 0.25) is 0 Å². The highest BCUT2D eigenvalue weighted by atomic mass is 16.5. The average molecular weight is 236 g/mol. The van der Waals surface area contributed by atoms with Crippen molar-refractivity contribution >= 4 is 5.78 Å². The number of methoxy groups -OCH3 is 1. The number of Topliss-reactive ketones (excluding diaryl/α,β-unsaturated/α-hetero) is 1. The normalized spacial score (nSPS) is 12.5. The van der Waals surface area contributed by atoms with E-state index in [9.17, 15) is 4.79 Å². The fourth-order valence-corrected chi connectivity index (χ4v) is 1.51. The molecule has 1 atom stereocenters. The molecule has 1 aromatic rings. The van der Waals surface area contributed by atoms with E-state index in [4.69, 9.17) is 9.47 Å². The number of hydrogen-bond donors (Lipinski definition) is 0. The third kappa shape index (κ3) is 4.19. The third-order valence-electron chi connectivity index (χ3n) is 2.43. The molecule has 0 aliphatic rings. The first kappa shape index (κ1) is 13.7. The molecular formula is C14H20O3. The van der Waals surface area contributed by atoms with Crippen molar-refractivity contribution in [2.24, 2.45) is 0 Å². The standard InChI is InChI=1S/C14H20O3/c1-10(2)17-14-8-6-5-7-12(14)13(15)9-11(3)16-4/h5-8,10-11H,9H2,1-4H3. The summed E-state index contributed by atoms with van der Waals surface area (Å²) >= 11 is 0. The van der Waals surface area contributed by atoms with E-state index in [2.05, 4.69) is 0 Å². The Morgan fingerprint density at radius 1 is 1.24 bits per heavy atom. The van der Waals surface area contributed by atoms with Gasteiger partial charge in [0.15, 0.2) is 5.78 Å². The van der Waals surface area contributed by atoms with Gasteiger partial charge in [-0.05, 0) is 32.9 Å². The fourth-order valence-electron chi connectivity index (χ4n) is 1.51. The van der Waals surface area contributed by atoms with E-state index >= 15 is 0 Å². The lowest BCUT2D eigenvalue weighted by Gasteiger charge is -2.14. The molecule has 1 rings (SSSR count).